The van der Waals surface area contributed by atoms with E-state index >= 15 is 0 Å². The van der Waals surface area contributed by atoms with Gasteiger partial charge in [0.15, 0.2) is 0 Å². The Balaban J connectivity index is -0.000000256. The predicted octanol–water partition coefficient (Wildman–Crippen LogP) is -3.45. The van der Waals surface area contributed by atoms with Crippen LogP contribution < -0.4 is 10.2 Å². The average molecular weight is 282 g/mol. The van der Waals surface area contributed by atoms with Gasteiger partial charge >= 0.3 is 35.0 Å². The molecule has 0 spiro atoms. The summed E-state index contributed by atoms with van der Waals surface area (Å²) in [6.07, 6.45) is 2.75. The first kappa shape index (κ1) is 22.3. The number of hydrogen-bond donors (Lipinski definition) is 0. The van der Waals surface area contributed by atoms with Gasteiger partial charge in [0.1, 0.15) is 0 Å². The Bertz CT molecular complexity index is 336. The Hall–Kier alpha value is -1.87. The second-order valence-electron chi connectivity index (χ2n) is 2.35. The Morgan fingerprint density at radius 3 is 1.16 bits per heavy atom. The van der Waals surface area contributed by atoms with E-state index in [-0.39, 0.29) is 23.1 Å². The molecule has 8 nitrogen and oxygen atoms in total. The number of carboxylic acid groups (broad SMARTS) is 2. The van der Waals surface area contributed by atoms with Crippen LogP contribution >= 0.6 is 0 Å². The zero-order chi connectivity index (χ0) is 14.6. The quantitative estimate of drug-likeness (QED) is 0.295. The van der Waals surface area contributed by atoms with Crippen molar-refractivity contribution in [3.63, 3.8) is 0 Å². The summed E-state index contributed by atoms with van der Waals surface area (Å²) in [6, 6.07) is 0. The predicted molar refractivity (Wildman–Crippen MR) is 58.1 cm³/mol. The molecule has 0 unspecified atom stereocenters. The molecular formula is C10H10MgO8. The molecule has 0 aliphatic heterocycles. The van der Waals surface area contributed by atoms with Gasteiger partial charge in [0.2, 0.25) is 0 Å². The van der Waals surface area contributed by atoms with Crippen molar-refractivity contribution >= 4 is 46.9 Å². The molecule has 0 saturated carbocycles. The van der Waals surface area contributed by atoms with Gasteiger partial charge in [0.05, 0.1) is 26.2 Å². The van der Waals surface area contributed by atoms with E-state index in [0.29, 0.717) is 12.2 Å². The fraction of sp³-hybridized carbons (Fsp3) is 0.200. The molecule has 0 aromatic carbocycles. The van der Waals surface area contributed by atoms with Crippen LogP contribution in [0.25, 0.3) is 0 Å². The van der Waals surface area contributed by atoms with E-state index in [2.05, 4.69) is 9.47 Å². The number of ether oxygens (including phenoxy) is 2. The van der Waals surface area contributed by atoms with Crippen molar-refractivity contribution in [3.05, 3.63) is 24.3 Å². The number of aliphatic carboxylic acids is 2. The second-order valence-corrected chi connectivity index (χ2v) is 2.35. The van der Waals surface area contributed by atoms with E-state index in [4.69, 9.17) is 0 Å². The summed E-state index contributed by atoms with van der Waals surface area (Å²) in [5, 5.41) is 19.2. The molecule has 0 aliphatic rings. The summed E-state index contributed by atoms with van der Waals surface area (Å²) in [5.74, 6) is -4.25. The first-order valence-electron chi connectivity index (χ1n) is 4.27. The van der Waals surface area contributed by atoms with Gasteiger partial charge in [-0.1, -0.05) is 0 Å². The molecule has 0 saturated heterocycles. The molecule has 0 rings (SSSR count). The average Bonchev–Trinajstić information content (AvgIpc) is 2.33. The zero-order valence-electron chi connectivity index (χ0n) is 10.3. The Morgan fingerprint density at radius 1 is 0.737 bits per heavy atom. The van der Waals surface area contributed by atoms with Crippen molar-refractivity contribution in [2.45, 2.75) is 0 Å². The van der Waals surface area contributed by atoms with Crippen molar-refractivity contribution in [2.24, 2.45) is 0 Å². The summed E-state index contributed by atoms with van der Waals surface area (Å²) < 4.78 is 8.17. The van der Waals surface area contributed by atoms with Gasteiger partial charge in [-0.25, -0.2) is 9.59 Å². The number of carbonyl (C=O) groups excluding carboxylic acids is 4. The van der Waals surface area contributed by atoms with Gasteiger partial charge in [-0.2, -0.15) is 0 Å². The summed E-state index contributed by atoms with van der Waals surface area (Å²) in [7, 11) is 2.31. The van der Waals surface area contributed by atoms with Gasteiger partial charge in [-0.05, 0) is 12.2 Å². The van der Waals surface area contributed by atoms with E-state index in [9.17, 15) is 29.4 Å². The molecule has 0 aliphatic carbocycles. The third-order valence-electron chi connectivity index (χ3n) is 1.11. The molecule has 0 atom stereocenters. The fourth-order valence-electron chi connectivity index (χ4n) is 0.408. The van der Waals surface area contributed by atoms with Crippen LogP contribution in [0.4, 0.5) is 0 Å². The molecule has 0 aromatic rings. The maximum Gasteiger partial charge on any atom is 2.00 e. The SMILES string of the molecule is COC(=O)/C=C\C(=O)[O-].COC(=O)/C=C\C(=O)[O-].[Mg+2]. The number of esters is 2. The molecule has 0 aromatic heterocycles. The number of carboxylic acids is 2. The molecule has 19 heavy (non-hydrogen) atoms. The fourth-order valence-corrected chi connectivity index (χ4v) is 0.408. The van der Waals surface area contributed by atoms with Crippen LogP contribution in [0.1, 0.15) is 0 Å². The maximum absolute atomic E-state index is 10.1. The van der Waals surface area contributed by atoms with Crippen molar-refractivity contribution < 1.29 is 38.9 Å². The minimum Gasteiger partial charge on any atom is -0.545 e. The van der Waals surface area contributed by atoms with E-state index in [0.717, 1.165) is 26.4 Å². The first-order chi connectivity index (χ1) is 8.33. The minimum absolute atomic E-state index is 0. The molecule has 100 valence electrons. The third kappa shape index (κ3) is 21.9. The van der Waals surface area contributed by atoms with Gasteiger partial charge in [-0.3, -0.25) is 0 Å². The monoisotopic (exact) mass is 282 g/mol. The normalized spacial score (nSPS) is 8.95. The van der Waals surface area contributed by atoms with Crippen molar-refractivity contribution in [3.8, 4) is 0 Å². The zero-order valence-corrected chi connectivity index (χ0v) is 11.7. The summed E-state index contributed by atoms with van der Waals surface area (Å²) in [5.41, 5.74) is 0. The number of methoxy groups -OCH3 is 2. The smallest absolute Gasteiger partial charge is 0.545 e. The summed E-state index contributed by atoms with van der Waals surface area (Å²) in [4.78, 5) is 39.5. The Kier molecular flexibility index (Phi) is 16.7. The maximum atomic E-state index is 10.1. The van der Waals surface area contributed by atoms with Gasteiger partial charge in [0, 0.05) is 12.2 Å². The van der Waals surface area contributed by atoms with Crippen LogP contribution in [0.15, 0.2) is 24.3 Å². The minimum atomic E-state index is -1.42. The molecular weight excluding hydrogens is 272 g/mol. The molecule has 0 fully saturated rings. The van der Waals surface area contributed by atoms with E-state index < -0.39 is 23.9 Å². The van der Waals surface area contributed by atoms with Crippen LogP contribution in [0.2, 0.25) is 0 Å². The number of rotatable bonds is 4. The third-order valence-corrected chi connectivity index (χ3v) is 1.11. The van der Waals surface area contributed by atoms with Gasteiger partial charge in [-0.15, -0.1) is 0 Å². The van der Waals surface area contributed by atoms with Crippen molar-refractivity contribution in [2.75, 3.05) is 14.2 Å². The van der Waals surface area contributed by atoms with Crippen LogP contribution in [-0.2, 0) is 28.7 Å². The largest absolute Gasteiger partial charge is 2.00 e. The van der Waals surface area contributed by atoms with Crippen LogP contribution in [0.3, 0.4) is 0 Å². The summed E-state index contributed by atoms with van der Waals surface area (Å²) >= 11 is 0. The standard InChI is InChI=1S/2C5H6O4.Mg/c2*1-9-5(8)3-2-4(6)7;/h2*2-3H,1H3,(H,6,7);/q;;+2/p-2/b2*3-2-;. The topological polar surface area (TPSA) is 133 Å². The molecule has 0 N–H and O–H groups in total. The molecule has 0 radical (unpaired) electrons. The number of carbonyl (C=O) groups is 4. The molecule has 0 heterocycles. The molecule has 9 heteroatoms. The molecule has 0 bridgehead atoms. The second kappa shape index (κ2) is 14.2. The van der Waals surface area contributed by atoms with Crippen LogP contribution in [0, 0.1) is 0 Å². The van der Waals surface area contributed by atoms with E-state index in [1.807, 2.05) is 0 Å². The van der Waals surface area contributed by atoms with Gasteiger partial charge in [0.25, 0.3) is 0 Å². The molecule has 0 amide bonds. The van der Waals surface area contributed by atoms with Crippen LogP contribution in [-0.4, -0.2) is 61.1 Å². The van der Waals surface area contributed by atoms with Gasteiger partial charge < -0.3 is 29.3 Å². The van der Waals surface area contributed by atoms with E-state index in [1.165, 1.54) is 0 Å². The Morgan fingerprint density at radius 2 is 1.00 bits per heavy atom. The van der Waals surface area contributed by atoms with Crippen molar-refractivity contribution in [1.82, 2.24) is 0 Å². The Labute approximate surface area is 124 Å². The first-order valence-corrected chi connectivity index (χ1v) is 4.27. The van der Waals surface area contributed by atoms with Crippen molar-refractivity contribution in [1.29, 1.82) is 0 Å². The summed E-state index contributed by atoms with van der Waals surface area (Å²) in [6.45, 7) is 0. The van der Waals surface area contributed by atoms with Crippen LogP contribution in [0.5, 0.6) is 0 Å². The van der Waals surface area contributed by atoms with E-state index in [1.54, 1.807) is 0 Å². The number of hydrogen-bond acceptors (Lipinski definition) is 8.